The second-order valence-corrected chi connectivity index (χ2v) is 8.64. The van der Waals surface area contributed by atoms with Crippen molar-refractivity contribution in [2.45, 2.75) is 39.7 Å². The zero-order chi connectivity index (χ0) is 25.4. The first-order chi connectivity index (χ1) is 16.9. The van der Waals surface area contributed by atoms with Crippen molar-refractivity contribution >= 4 is 28.2 Å². The van der Waals surface area contributed by atoms with Crippen LogP contribution in [0.2, 0.25) is 0 Å². The van der Waals surface area contributed by atoms with Gasteiger partial charge < -0.3 is 30.9 Å². The van der Waals surface area contributed by atoms with Crippen LogP contribution in [0.5, 0.6) is 11.5 Å². The third-order valence-corrected chi connectivity index (χ3v) is 6.28. The summed E-state index contributed by atoms with van der Waals surface area (Å²) in [5, 5.41) is 16.8. The van der Waals surface area contributed by atoms with E-state index in [9.17, 15) is 4.79 Å². The van der Waals surface area contributed by atoms with E-state index in [1.54, 1.807) is 26.4 Å². The Bertz CT molecular complexity index is 1170. The van der Waals surface area contributed by atoms with Crippen LogP contribution in [0.1, 0.15) is 48.2 Å². The summed E-state index contributed by atoms with van der Waals surface area (Å²) in [5.74, 6) is 1.01. The van der Waals surface area contributed by atoms with E-state index in [1.165, 1.54) is 11.8 Å². The number of carbonyl (C=O) groups is 1. The van der Waals surface area contributed by atoms with Crippen LogP contribution in [0.4, 0.5) is 11.4 Å². The van der Waals surface area contributed by atoms with Gasteiger partial charge in [0, 0.05) is 36.5 Å². The van der Waals surface area contributed by atoms with Gasteiger partial charge in [-0.2, -0.15) is 0 Å². The molecule has 188 valence electrons. The van der Waals surface area contributed by atoms with Crippen molar-refractivity contribution in [1.82, 2.24) is 10.3 Å². The SMILES string of the molecule is CCc1c(CNCCC(C)CCO)cccc1Nc1c(C(N)=O)cnc2cc(OC)c(OC)cc12. The summed E-state index contributed by atoms with van der Waals surface area (Å²) >= 11 is 0. The summed E-state index contributed by atoms with van der Waals surface area (Å²) in [7, 11) is 3.14. The number of aliphatic hydroxyl groups is 1. The lowest BCUT2D eigenvalue weighted by Crippen LogP contribution is -2.19. The van der Waals surface area contributed by atoms with Crippen molar-refractivity contribution in [3.8, 4) is 11.5 Å². The maximum atomic E-state index is 12.3. The Balaban J connectivity index is 1.96. The zero-order valence-corrected chi connectivity index (χ0v) is 21.0. The number of nitrogens with one attached hydrogen (secondary N) is 2. The van der Waals surface area contributed by atoms with Crippen LogP contribution in [-0.4, -0.2) is 43.4 Å². The molecule has 8 nitrogen and oxygen atoms in total. The van der Waals surface area contributed by atoms with E-state index >= 15 is 0 Å². The molecule has 0 radical (unpaired) electrons. The average Bonchev–Trinajstić information content (AvgIpc) is 2.86. The van der Waals surface area contributed by atoms with Gasteiger partial charge in [-0.15, -0.1) is 0 Å². The van der Waals surface area contributed by atoms with Gasteiger partial charge in [0.05, 0.1) is 31.0 Å². The van der Waals surface area contributed by atoms with E-state index in [0.717, 1.165) is 43.6 Å². The van der Waals surface area contributed by atoms with Gasteiger partial charge in [-0.05, 0) is 55.0 Å². The fourth-order valence-electron chi connectivity index (χ4n) is 4.25. The number of amides is 1. The van der Waals surface area contributed by atoms with Gasteiger partial charge in [0.2, 0.25) is 0 Å². The Hall–Kier alpha value is -3.36. The summed E-state index contributed by atoms with van der Waals surface area (Å²) in [5.41, 5.74) is 10.5. The minimum absolute atomic E-state index is 0.227. The number of fused-ring (bicyclic) bond motifs is 1. The van der Waals surface area contributed by atoms with E-state index < -0.39 is 5.91 Å². The van der Waals surface area contributed by atoms with E-state index in [-0.39, 0.29) is 6.61 Å². The Morgan fingerprint density at radius 2 is 1.91 bits per heavy atom. The van der Waals surface area contributed by atoms with Crippen LogP contribution >= 0.6 is 0 Å². The molecule has 0 aliphatic heterocycles. The highest BCUT2D eigenvalue weighted by Gasteiger charge is 2.18. The fraction of sp³-hybridized carbons (Fsp3) is 0.407. The molecule has 3 aromatic rings. The first kappa shape index (κ1) is 26.2. The highest BCUT2D eigenvalue weighted by atomic mass is 16.5. The molecule has 0 spiro atoms. The average molecular weight is 481 g/mol. The number of primary amides is 1. The molecule has 8 heteroatoms. The van der Waals surface area contributed by atoms with Crippen LogP contribution in [0, 0.1) is 5.92 Å². The second kappa shape index (κ2) is 12.4. The molecule has 0 bridgehead atoms. The molecule has 1 heterocycles. The maximum absolute atomic E-state index is 12.3. The number of nitrogens with zero attached hydrogens (tertiary/aromatic N) is 1. The van der Waals surface area contributed by atoms with Gasteiger partial charge in [0.1, 0.15) is 0 Å². The number of methoxy groups -OCH3 is 2. The molecule has 5 N–H and O–H groups in total. The number of pyridine rings is 1. The second-order valence-electron chi connectivity index (χ2n) is 8.64. The molecule has 1 amide bonds. The van der Waals surface area contributed by atoms with E-state index in [0.29, 0.717) is 39.6 Å². The smallest absolute Gasteiger partial charge is 0.252 e. The molecule has 0 aliphatic carbocycles. The lowest BCUT2D eigenvalue weighted by Gasteiger charge is -2.19. The summed E-state index contributed by atoms with van der Waals surface area (Å²) < 4.78 is 10.9. The van der Waals surface area contributed by atoms with Crippen molar-refractivity contribution in [1.29, 1.82) is 0 Å². The molecule has 0 saturated heterocycles. The zero-order valence-electron chi connectivity index (χ0n) is 21.0. The fourth-order valence-corrected chi connectivity index (χ4v) is 4.25. The van der Waals surface area contributed by atoms with Gasteiger partial charge in [0.25, 0.3) is 5.91 Å². The molecule has 35 heavy (non-hydrogen) atoms. The summed E-state index contributed by atoms with van der Waals surface area (Å²) in [4.78, 5) is 16.7. The number of rotatable bonds is 13. The van der Waals surface area contributed by atoms with Gasteiger partial charge in [0.15, 0.2) is 11.5 Å². The highest BCUT2D eigenvalue weighted by Crippen LogP contribution is 2.37. The molecule has 1 aromatic heterocycles. The molecule has 2 aromatic carbocycles. The molecule has 0 fully saturated rings. The molecule has 3 rings (SSSR count). The van der Waals surface area contributed by atoms with Gasteiger partial charge in [-0.1, -0.05) is 26.0 Å². The highest BCUT2D eigenvalue weighted by molar-refractivity contribution is 6.08. The van der Waals surface area contributed by atoms with Crippen molar-refractivity contribution in [2.24, 2.45) is 11.7 Å². The number of hydrogen-bond donors (Lipinski definition) is 4. The number of anilines is 2. The van der Waals surface area contributed by atoms with Crippen molar-refractivity contribution in [2.75, 3.05) is 32.7 Å². The van der Waals surface area contributed by atoms with E-state index in [1.807, 2.05) is 12.1 Å². The topological polar surface area (TPSA) is 119 Å². The van der Waals surface area contributed by atoms with Crippen LogP contribution in [0.3, 0.4) is 0 Å². The number of aliphatic hydroxyl groups excluding tert-OH is 1. The molecular weight excluding hydrogens is 444 g/mol. The quantitative estimate of drug-likeness (QED) is 0.271. The first-order valence-corrected chi connectivity index (χ1v) is 12.0. The van der Waals surface area contributed by atoms with Crippen molar-refractivity contribution in [3.05, 3.63) is 53.2 Å². The Morgan fingerprint density at radius 1 is 1.17 bits per heavy atom. The molecule has 1 unspecified atom stereocenters. The maximum Gasteiger partial charge on any atom is 0.252 e. The minimum Gasteiger partial charge on any atom is -0.493 e. The van der Waals surface area contributed by atoms with Crippen LogP contribution in [0.25, 0.3) is 10.9 Å². The van der Waals surface area contributed by atoms with Gasteiger partial charge in [-0.3, -0.25) is 9.78 Å². The number of ether oxygens (including phenoxy) is 2. The minimum atomic E-state index is -0.565. The first-order valence-electron chi connectivity index (χ1n) is 12.0. The van der Waals surface area contributed by atoms with E-state index in [4.69, 9.17) is 20.3 Å². The Kier molecular flexibility index (Phi) is 9.28. The van der Waals surface area contributed by atoms with E-state index in [2.05, 4.69) is 35.5 Å². The summed E-state index contributed by atoms with van der Waals surface area (Å²) in [6.07, 6.45) is 4.13. The standard InChI is InChI=1S/C27H36N4O4/c1-5-19-18(15-29-11-9-17(2)10-12-32)7-6-8-22(19)31-26-20-13-24(34-3)25(35-4)14-23(20)30-16-21(26)27(28)33/h6-8,13-14,16-17,29,32H,5,9-12,15H2,1-4H3,(H2,28,33)(H,30,31). The molecule has 1 atom stereocenters. The lowest BCUT2D eigenvalue weighted by molar-refractivity contribution is 0.100. The normalized spacial score (nSPS) is 11.9. The lowest BCUT2D eigenvalue weighted by atomic mass is 10.0. The summed E-state index contributed by atoms with van der Waals surface area (Å²) in [6.45, 7) is 6.10. The van der Waals surface area contributed by atoms with Gasteiger partial charge in [-0.25, -0.2) is 0 Å². The van der Waals surface area contributed by atoms with Crippen molar-refractivity contribution in [3.63, 3.8) is 0 Å². The third kappa shape index (κ3) is 6.21. The molecule has 0 saturated carbocycles. The monoisotopic (exact) mass is 480 g/mol. The number of aromatic nitrogens is 1. The Labute approximate surface area is 206 Å². The summed E-state index contributed by atoms with van der Waals surface area (Å²) in [6, 6.07) is 9.71. The van der Waals surface area contributed by atoms with Crippen molar-refractivity contribution < 1.29 is 19.4 Å². The Morgan fingerprint density at radius 3 is 2.57 bits per heavy atom. The number of nitrogens with two attached hydrogens (primary N) is 1. The van der Waals surface area contributed by atoms with Crippen LogP contribution in [-0.2, 0) is 13.0 Å². The van der Waals surface area contributed by atoms with Crippen LogP contribution in [0.15, 0.2) is 36.5 Å². The molecule has 0 aliphatic rings. The molecular formula is C27H36N4O4. The number of hydrogen-bond acceptors (Lipinski definition) is 7. The number of benzene rings is 2. The number of carbonyl (C=O) groups excluding carboxylic acids is 1. The largest absolute Gasteiger partial charge is 0.493 e. The predicted octanol–water partition coefficient (Wildman–Crippen LogP) is 4.16. The van der Waals surface area contributed by atoms with Crippen LogP contribution < -0.4 is 25.8 Å². The van der Waals surface area contributed by atoms with Gasteiger partial charge >= 0.3 is 0 Å². The predicted molar refractivity (Wildman–Crippen MR) is 140 cm³/mol. The third-order valence-electron chi connectivity index (χ3n) is 6.28.